The summed E-state index contributed by atoms with van der Waals surface area (Å²) < 4.78 is 1.14. The van der Waals surface area contributed by atoms with E-state index in [1.807, 2.05) is 44.2 Å². The first-order chi connectivity index (χ1) is 11.0. The second-order valence-electron chi connectivity index (χ2n) is 5.64. The van der Waals surface area contributed by atoms with Gasteiger partial charge in [-0.1, -0.05) is 35.9 Å². The molecular formula is C18H17N3O2. The molecule has 0 aliphatic carbocycles. The summed E-state index contributed by atoms with van der Waals surface area (Å²) in [6.07, 6.45) is 0. The summed E-state index contributed by atoms with van der Waals surface area (Å²) in [7, 11) is 0. The van der Waals surface area contributed by atoms with Crippen molar-refractivity contribution in [1.29, 1.82) is 0 Å². The summed E-state index contributed by atoms with van der Waals surface area (Å²) in [5.41, 5.74) is 8.71. The molecule has 3 aromatic rings. The van der Waals surface area contributed by atoms with Crippen LogP contribution in [0.15, 0.2) is 47.3 Å². The van der Waals surface area contributed by atoms with Gasteiger partial charge < -0.3 is 5.73 Å². The number of fused-ring (bicyclic) bond motifs is 1. The first-order valence-electron chi connectivity index (χ1n) is 7.33. The van der Waals surface area contributed by atoms with Gasteiger partial charge in [0, 0.05) is 10.9 Å². The van der Waals surface area contributed by atoms with Crippen LogP contribution in [0.3, 0.4) is 0 Å². The highest BCUT2D eigenvalue weighted by atomic mass is 16.2. The van der Waals surface area contributed by atoms with Gasteiger partial charge >= 0.3 is 0 Å². The third kappa shape index (κ3) is 2.73. The van der Waals surface area contributed by atoms with Crippen molar-refractivity contribution in [2.45, 2.75) is 20.4 Å². The molecule has 0 saturated carbocycles. The van der Waals surface area contributed by atoms with Crippen molar-refractivity contribution in [1.82, 2.24) is 9.78 Å². The standard InChI is InChI=1S/C18H17N3O2/c1-11-7-8-12(2)15(9-11)17-13-5-3-4-6-14(13)18(23)21(20-17)10-16(19)22/h3-9H,10H2,1-2H3,(H2,19,22). The fourth-order valence-electron chi connectivity index (χ4n) is 2.68. The number of carbonyl (C=O) groups excluding carboxylic acids is 1. The summed E-state index contributed by atoms with van der Waals surface area (Å²) >= 11 is 0. The second kappa shape index (κ2) is 5.68. The van der Waals surface area contributed by atoms with Crippen molar-refractivity contribution < 1.29 is 4.79 Å². The lowest BCUT2D eigenvalue weighted by Gasteiger charge is -2.12. The number of aryl methyl sites for hydroxylation is 2. The lowest BCUT2D eigenvalue weighted by Crippen LogP contribution is -2.30. The van der Waals surface area contributed by atoms with Crippen molar-refractivity contribution in [3.8, 4) is 11.3 Å². The van der Waals surface area contributed by atoms with Gasteiger partial charge in [-0.05, 0) is 31.5 Å². The zero-order valence-electron chi connectivity index (χ0n) is 13.0. The maximum Gasteiger partial charge on any atom is 0.275 e. The van der Waals surface area contributed by atoms with Crippen LogP contribution in [0.4, 0.5) is 0 Å². The minimum Gasteiger partial charge on any atom is -0.368 e. The van der Waals surface area contributed by atoms with Gasteiger partial charge in [0.15, 0.2) is 0 Å². The Kier molecular flexibility index (Phi) is 3.70. The molecule has 2 N–H and O–H groups in total. The zero-order chi connectivity index (χ0) is 16.6. The largest absolute Gasteiger partial charge is 0.368 e. The van der Waals surface area contributed by atoms with Crippen LogP contribution in [0.25, 0.3) is 22.0 Å². The van der Waals surface area contributed by atoms with Crippen molar-refractivity contribution in [2.75, 3.05) is 0 Å². The van der Waals surface area contributed by atoms with E-state index < -0.39 is 5.91 Å². The molecule has 0 spiro atoms. The minimum atomic E-state index is -0.596. The Hall–Kier alpha value is -2.95. The summed E-state index contributed by atoms with van der Waals surface area (Å²) in [6, 6.07) is 13.4. The zero-order valence-corrected chi connectivity index (χ0v) is 13.0. The maximum atomic E-state index is 12.5. The van der Waals surface area contributed by atoms with Crippen LogP contribution in [0.5, 0.6) is 0 Å². The van der Waals surface area contributed by atoms with Crippen molar-refractivity contribution in [2.24, 2.45) is 5.73 Å². The van der Waals surface area contributed by atoms with Gasteiger partial charge in [-0.15, -0.1) is 0 Å². The third-order valence-electron chi connectivity index (χ3n) is 3.82. The molecule has 1 amide bonds. The van der Waals surface area contributed by atoms with Crippen LogP contribution < -0.4 is 11.3 Å². The Morgan fingerprint density at radius 1 is 1.13 bits per heavy atom. The van der Waals surface area contributed by atoms with Crippen LogP contribution in [0.1, 0.15) is 11.1 Å². The molecule has 2 aromatic carbocycles. The molecule has 0 unspecified atom stereocenters. The minimum absolute atomic E-state index is 0.235. The van der Waals surface area contributed by atoms with Crippen molar-refractivity contribution in [3.05, 3.63) is 63.9 Å². The first-order valence-corrected chi connectivity index (χ1v) is 7.33. The first kappa shape index (κ1) is 15.0. The lowest BCUT2D eigenvalue weighted by molar-refractivity contribution is -0.118. The fraction of sp³-hybridized carbons (Fsp3) is 0.167. The van der Waals surface area contributed by atoms with Gasteiger partial charge in [-0.3, -0.25) is 9.59 Å². The monoisotopic (exact) mass is 307 g/mol. The highest BCUT2D eigenvalue weighted by Crippen LogP contribution is 2.28. The SMILES string of the molecule is Cc1ccc(C)c(-c2nn(CC(N)=O)c(=O)c3ccccc23)c1. The molecule has 116 valence electrons. The molecule has 0 fully saturated rings. The van der Waals surface area contributed by atoms with Gasteiger partial charge in [0.25, 0.3) is 5.56 Å². The molecule has 0 aliphatic heterocycles. The van der Waals surface area contributed by atoms with E-state index in [0.717, 1.165) is 26.8 Å². The molecular weight excluding hydrogens is 290 g/mol. The van der Waals surface area contributed by atoms with Crippen LogP contribution in [0.2, 0.25) is 0 Å². The highest BCUT2D eigenvalue weighted by Gasteiger charge is 2.14. The summed E-state index contributed by atoms with van der Waals surface area (Å²) in [4.78, 5) is 23.7. The molecule has 0 bridgehead atoms. The smallest absolute Gasteiger partial charge is 0.275 e. The molecule has 0 saturated heterocycles. The van der Waals surface area contributed by atoms with Gasteiger partial charge in [-0.2, -0.15) is 5.10 Å². The van der Waals surface area contributed by atoms with E-state index >= 15 is 0 Å². The average molecular weight is 307 g/mol. The van der Waals surface area contributed by atoms with E-state index in [4.69, 9.17) is 5.73 Å². The molecule has 0 aliphatic rings. The molecule has 23 heavy (non-hydrogen) atoms. The van der Waals surface area contributed by atoms with E-state index in [1.165, 1.54) is 0 Å². The van der Waals surface area contributed by atoms with Crippen LogP contribution >= 0.6 is 0 Å². The molecule has 0 atom stereocenters. The van der Waals surface area contributed by atoms with E-state index in [0.29, 0.717) is 11.1 Å². The Balaban J connectivity index is 2.39. The molecule has 1 aromatic heterocycles. The van der Waals surface area contributed by atoms with Gasteiger partial charge in [-0.25, -0.2) is 4.68 Å². The van der Waals surface area contributed by atoms with E-state index in [-0.39, 0.29) is 12.1 Å². The molecule has 5 heteroatoms. The Labute approximate surface area is 133 Å². The van der Waals surface area contributed by atoms with Crippen LogP contribution in [-0.2, 0) is 11.3 Å². The number of hydrogen-bond acceptors (Lipinski definition) is 3. The molecule has 0 radical (unpaired) electrons. The van der Waals surface area contributed by atoms with E-state index in [1.54, 1.807) is 12.1 Å². The predicted molar refractivity (Wildman–Crippen MR) is 90.1 cm³/mol. The number of amides is 1. The number of carbonyl (C=O) groups is 1. The van der Waals surface area contributed by atoms with E-state index in [9.17, 15) is 9.59 Å². The topological polar surface area (TPSA) is 78.0 Å². The third-order valence-corrected chi connectivity index (χ3v) is 3.82. The molecule has 5 nitrogen and oxygen atoms in total. The number of rotatable bonds is 3. The maximum absolute atomic E-state index is 12.5. The normalized spacial score (nSPS) is 10.9. The fourth-order valence-corrected chi connectivity index (χ4v) is 2.68. The predicted octanol–water partition coefficient (Wildman–Crippen LogP) is 2.17. The van der Waals surface area contributed by atoms with E-state index in [2.05, 4.69) is 5.10 Å². The number of nitrogens with zero attached hydrogens (tertiary/aromatic N) is 2. The quantitative estimate of drug-likeness (QED) is 0.805. The van der Waals surface area contributed by atoms with Crippen LogP contribution in [0, 0.1) is 13.8 Å². The number of benzene rings is 2. The summed E-state index contributed by atoms with van der Waals surface area (Å²) in [6.45, 7) is 3.76. The van der Waals surface area contributed by atoms with Gasteiger partial charge in [0.05, 0.1) is 11.1 Å². The van der Waals surface area contributed by atoms with Gasteiger partial charge in [0.1, 0.15) is 6.54 Å². The number of aromatic nitrogens is 2. The highest BCUT2D eigenvalue weighted by molar-refractivity contribution is 5.94. The Morgan fingerprint density at radius 3 is 2.52 bits per heavy atom. The average Bonchev–Trinajstić information content (AvgIpc) is 2.52. The van der Waals surface area contributed by atoms with Crippen molar-refractivity contribution in [3.63, 3.8) is 0 Å². The molecule has 3 rings (SSSR count). The number of nitrogens with two attached hydrogens (primary N) is 1. The number of primary amides is 1. The second-order valence-corrected chi connectivity index (χ2v) is 5.64. The number of hydrogen-bond donors (Lipinski definition) is 1. The molecule has 1 heterocycles. The van der Waals surface area contributed by atoms with Crippen LogP contribution in [-0.4, -0.2) is 15.7 Å². The van der Waals surface area contributed by atoms with Crippen molar-refractivity contribution >= 4 is 16.7 Å². The Bertz CT molecular complexity index is 974. The van der Waals surface area contributed by atoms with Gasteiger partial charge in [0.2, 0.25) is 5.91 Å². The Morgan fingerprint density at radius 2 is 1.83 bits per heavy atom. The summed E-state index contributed by atoms with van der Waals surface area (Å²) in [5.74, 6) is -0.596. The lowest BCUT2D eigenvalue weighted by atomic mass is 9.99. The summed E-state index contributed by atoms with van der Waals surface area (Å²) in [5, 5.41) is 5.71.